The van der Waals surface area contributed by atoms with E-state index < -0.39 is 0 Å². The van der Waals surface area contributed by atoms with Gasteiger partial charge in [-0.3, -0.25) is 0 Å². The highest BCUT2D eigenvalue weighted by Gasteiger charge is 2.22. The quantitative estimate of drug-likeness (QED) is 0.634. The summed E-state index contributed by atoms with van der Waals surface area (Å²) in [5.41, 5.74) is 0. The maximum absolute atomic E-state index is 5.73. The molecule has 1 fully saturated rings. The highest BCUT2D eigenvalue weighted by molar-refractivity contribution is 6.17. The molecule has 0 amide bonds. The molecule has 2 heteroatoms. The minimum Gasteiger partial charge on any atom is -0.313 e. The molecule has 1 rings (SSSR count). The highest BCUT2D eigenvalue weighted by Crippen LogP contribution is 2.28. The molecule has 0 bridgehead atoms. The third-order valence-electron chi connectivity index (χ3n) is 2.59. The van der Waals surface area contributed by atoms with Crippen LogP contribution in [-0.2, 0) is 0 Å². The summed E-state index contributed by atoms with van der Waals surface area (Å²) in [6, 6.07) is 0.628. The molecule has 0 aromatic carbocycles. The second-order valence-electron chi connectivity index (χ2n) is 4.18. The molecule has 0 heterocycles. The lowest BCUT2D eigenvalue weighted by atomic mass is 10.0. The zero-order chi connectivity index (χ0) is 8.97. The summed E-state index contributed by atoms with van der Waals surface area (Å²) in [7, 11) is 0. The SMILES string of the molecule is CC(C)C(CCCl)NCC1CC1. The summed E-state index contributed by atoms with van der Waals surface area (Å²) < 4.78 is 0. The molecule has 1 unspecified atom stereocenters. The predicted octanol–water partition coefficient (Wildman–Crippen LogP) is 2.64. The Kier molecular flexibility index (Phi) is 4.38. The third-order valence-corrected chi connectivity index (χ3v) is 2.81. The standard InChI is InChI=1S/C10H20ClN/c1-8(2)10(5-6-11)12-7-9-3-4-9/h8-10,12H,3-7H2,1-2H3. The van der Waals surface area contributed by atoms with E-state index in [-0.39, 0.29) is 0 Å². The number of hydrogen-bond acceptors (Lipinski definition) is 1. The van der Waals surface area contributed by atoms with Crippen molar-refractivity contribution < 1.29 is 0 Å². The van der Waals surface area contributed by atoms with Crippen molar-refractivity contribution in [3.8, 4) is 0 Å². The van der Waals surface area contributed by atoms with Crippen molar-refractivity contribution in [3.05, 3.63) is 0 Å². The van der Waals surface area contributed by atoms with E-state index >= 15 is 0 Å². The molecular formula is C10H20ClN. The van der Waals surface area contributed by atoms with Gasteiger partial charge in [-0.2, -0.15) is 0 Å². The van der Waals surface area contributed by atoms with E-state index in [9.17, 15) is 0 Å². The lowest BCUT2D eigenvalue weighted by molar-refractivity contribution is 0.384. The molecule has 1 saturated carbocycles. The van der Waals surface area contributed by atoms with Gasteiger partial charge in [0.1, 0.15) is 0 Å². The maximum atomic E-state index is 5.73. The summed E-state index contributed by atoms with van der Waals surface area (Å²) in [5, 5.41) is 3.60. The lowest BCUT2D eigenvalue weighted by Crippen LogP contribution is -2.35. The van der Waals surface area contributed by atoms with E-state index in [1.807, 2.05) is 0 Å². The molecule has 1 aliphatic carbocycles. The summed E-state index contributed by atoms with van der Waals surface area (Å²) in [4.78, 5) is 0. The molecule has 1 nitrogen and oxygen atoms in total. The van der Waals surface area contributed by atoms with Crippen molar-refractivity contribution in [1.29, 1.82) is 0 Å². The highest BCUT2D eigenvalue weighted by atomic mass is 35.5. The van der Waals surface area contributed by atoms with Gasteiger partial charge in [0.25, 0.3) is 0 Å². The van der Waals surface area contributed by atoms with Crippen LogP contribution in [0.3, 0.4) is 0 Å². The Labute approximate surface area is 80.9 Å². The van der Waals surface area contributed by atoms with Crippen LogP contribution in [0.4, 0.5) is 0 Å². The van der Waals surface area contributed by atoms with Gasteiger partial charge < -0.3 is 5.32 Å². The van der Waals surface area contributed by atoms with Gasteiger partial charge in [0.2, 0.25) is 0 Å². The minimum absolute atomic E-state index is 0.628. The number of rotatable bonds is 6. The molecule has 0 aliphatic heterocycles. The molecule has 1 aliphatic rings. The predicted molar refractivity (Wildman–Crippen MR) is 54.7 cm³/mol. The average molecular weight is 190 g/mol. The monoisotopic (exact) mass is 189 g/mol. The van der Waals surface area contributed by atoms with E-state index in [1.54, 1.807) is 0 Å². The second kappa shape index (κ2) is 5.08. The van der Waals surface area contributed by atoms with Crippen LogP contribution >= 0.6 is 11.6 Å². The summed E-state index contributed by atoms with van der Waals surface area (Å²) in [5.74, 6) is 2.46. The first kappa shape index (κ1) is 10.3. The van der Waals surface area contributed by atoms with Crippen LogP contribution in [0.15, 0.2) is 0 Å². The molecule has 12 heavy (non-hydrogen) atoms. The number of halogens is 1. The third kappa shape index (κ3) is 3.77. The molecule has 1 N–H and O–H groups in total. The Morgan fingerprint density at radius 2 is 2.08 bits per heavy atom. The Morgan fingerprint density at radius 1 is 1.42 bits per heavy atom. The van der Waals surface area contributed by atoms with Crippen LogP contribution < -0.4 is 5.32 Å². The van der Waals surface area contributed by atoms with Crippen molar-refractivity contribution in [2.24, 2.45) is 11.8 Å². The first-order valence-corrected chi connectivity index (χ1v) is 5.57. The first-order chi connectivity index (χ1) is 5.74. The molecule has 1 atom stereocenters. The van der Waals surface area contributed by atoms with E-state index in [4.69, 9.17) is 11.6 Å². The van der Waals surface area contributed by atoms with E-state index in [1.165, 1.54) is 19.4 Å². The van der Waals surface area contributed by atoms with E-state index in [0.29, 0.717) is 12.0 Å². The van der Waals surface area contributed by atoms with Gasteiger partial charge >= 0.3 is 0 Å². The molecule has 0 aromatic rings. The average Bonchev–Trinajstić information content (AvgIpc) is 2.80. The Bertz CT molecular complexity index is 121. The van der Waals surface area contributed by atoms with Gasteiger partial charge in [0, 0.05) is 11.9 Å². The topological polar surface area (TPSA) is 12.0 Å². The zero-order valence-electron chi connectivity index (χ0n) is 8.15. The molecule has 72 valence electrons. The van der Waals surface area contributed by atoms with Gasteiger partial charge in [-0.25, -0.2) is 0 Å². The van der Waals surface area contributed by atoms with Crippen molar-refractivity contribution >= 4 is 11.6 Å². The van der Waals surface area contributed by atoms with E-state index in [0.717, 1.165) is 18.2 Å². The Balaban J connectivity index is 2.11. The first-order valence-electron chi connectivity index (χ1n) is 5.03. The Hall–Kier alpha value is 0.250. The second-order valence-corrected chi connectivity index (χ2v) is 4.56. The van der Waals surface area contributed by atoms with Crippen LogP contribution in [0.1, 0.15) is 33.1 Å². The van der Waals surface area contributed by atoms with Crippen molar-refractivity contribution in [2.75, 3.05) is 12.4 Å². The van der Waals surface area contributed by atoms with Gasteiger partial charge in [-0.05, 0) is 37.6 Å². The molecule has 0 aromatic heterocycles. The van der Waals surface area contributed by atoms with Crippen LogP contribution in [0.25, 0.3) is 0 Å². The fourth-order valence-electron chi connectivity index (χ4n) is 1.43. The van der Waals surface area contributed by atoms with Crippen LogP contribution in [0.5, 0.6) is 0 Å². The smallest absolute Gasteiger partial charge is 0.0238 e. The van der Waals surface area contributed by atoms with Crippen molar-refractivity contribution in [2.45, 2.75) is 39.2 Å². The number of hydrogen-bond donors (Lipinski definition) is 1. The van der Waals surface area contributed by atoms with Gasteiger partial charge in [-0.15, -0.1) is 11.6 Å². The number of alkyl halides is 1. The molecule has 0 spiro atoms. The van der Waals surface area contributed by atoms with Crippen molar-refractivity contribution in [3.63, 3.8) is 0 Å². The fourth-order valence-corrected chi connectivity index (χ4v) is 1.66. The van der Waals surface area contributed by atoms with Gasteiger partial charge in [0.05, 0.1) is 0 Å². The lowest BCUT2D eigenvalue weighted by Gasteiger charge is -2.21. The molecule has 0 saturated heterocycles. The zero-order valence-corrected chi connectivity index (χ0v) is 8.90. The molecular weight excluding hydrogens is 170 g/mol. The van der Waals surface area contributed by atoms with Crippen LogP contribution in [0.2, 0.25) is 0 Å². The summed E-state index contributed by atoms with van der Waals surface area (Å²) >= 11 is 5.73. The maximum Gasteiger partial charge on any atom is 0.0238 e. The largest absolute Gasteiger partial charge is 0.313 e. The summed E-state index contributed by atoms with van der Waals surface area (Å²) in [6.45, 7) is 5.73. The van der Waals surface area contributed by atoms with Crippen molar-refractivity contribution in [1.82, 2.24) is 5.32 Å². The van der Waals surface area contributed by atoms with Gasteiger partial charge in [0.15, 0.2) is 0 Å². The molecule has 0 radical (unpaired) electrons. The van der Waals surface area contributed by atoms with Gasteiger partial charge in [-0.1, -0.05) is 13.8 Å². The summed E-state index contributed by atoms with van der Waals surface area (Å²) in [6.07, 6.45) is 3.96. The number of nitrogens with one attached hydrogen (secondary N) is 1. The Morgan fingerprint density at radius 3 is 2.50 bits per heavy atom. The fraction of sp³-hybridized carbons (Fsp3) is 1.00. The minimum atomic E-state index is 0.628. The van der Waals surface area contributed by atoms with Crippen LogP contribution in [0, 0.1) is 11.8 Å². The van der Waals surface area contributed by atoms with E-state index in [2.05, 4.69) is 19.2 Å². The normalized spacial score (nSPS) is 20.0. The van der Waals surface area contributed by atoms with Crippen LogP contribution in [-0.4, -0.2) is 18.5 Å².